The molecule has 4 rings (SSSR count). The molecule has 4 aromatic rings. The van der Waals surface area contributed by atoms with Crippen molar-refractivity contribution < 1.29 is 18.8 Å². The molecule has 2 aromatic heterocycles. The van der Waals surface area contributed by atoms with Crippen molar-refractivity contribution in [3.8, 4) is 0 Å². The molecule has 0 saturated heterocycles. The smallest absolute Gasteiger partial charge is 0.307 e. The van der Waals surface area contributed by atoms with Crippen LogP contribution in [-0.2, 0) is 20.7 Å². The normalized spacial score (nSPS) is 11.8. The first-order valence-corrected chi connectivity index (χ1v) is 9.92. The number of hydrogen-bond donors (Lipinski definition) is 1. The monoisotopic (exact) mass is 415 g/mol. The summed E-state index contributed by atoms with van der Waals surface area (Å²) < 4.78 is 10.5. The summed E-state index contributed by atoms with van der Waals surface area (Å²) in [5.41, 5.74) is 2.23. The van der Waals surface area contributed by atoms with Crippen LogP contribution in [0.2, 0.25) is 0 Å². The predicted octanol–water partition coefficient (Wildman–Crippen LogP) is 4.39. The molecular weight excluding hydrogens is 394 g/mol. The van der Waals surface area contributed by atoms with E-state index in [1.54, 1.807) is 37.3 Å². The van der Waals surface area contributed by atoms with Gasteiger partial charge in [-0.25, -0.2) is 0 Å². The molecule has 2 heterocycles. The maximum absolute atomic E-state index is 12.8. The van der Waals surface area contributed by atoms with Gasteiger partial charge in [-0.15, -0.1) is 0 Å². The van der Waals surface area contributed by atoms with Gasteiger partial charge in [-0.1, -0.05) is 59.8 Å². The molecule has 0 aliphatic heterocycles. The Balaban J connectivity index is 1.44. The van der Waals surface area contributed by atoms with Crippen LogP contribution in [0.25, 0.3) is 10.9 Å². The third kappa shape index (κ3) is 5.14. The fourth-order valence-corrected chi connectivity index (χ4v) is 3.19. The second-order valence-electron chi connectivity index (χ2n) is 7.09. The summed E-state index contributed by atoms with van der Waals surface area (Å²) in [5.74, 6) is -0.168. The minimum Gasteiger partial charge on any atom is -0.447 e. The summed E-state index contributed by atoms with van der Waals surface area (Å²) in [5, 5.41) is 7.42. The maximum atomic E-state index is 12.8. The zero-order valence-electron chi connectivity index (χ0n) is 16.9. The Kier molecular flexibility index (Phi) is 6.03. The summed E-state index contributed by atoms with van der Waals surface area (Å²) in [6.07, 6.45) is -0.587. The van der Waals surface area contributed by atoms with E-state index in [1.807, 2.05) is 42.5 Å². The van der Waals surface area contributed by atoms with E-state index in [9.17, 15) is 9.59 Å². The lowest BCUT2D eigenvalue weighted by Crippen LogP contribution is -2.26. The fourth-order valence-electron chi connectivity index (χ4n) is 3.19. The van der Waals surface area contributed by atoms with Gasteiger partial charge in [0.15, 0.2) is 5.82 Å². The largest absolute Gasteiger partial charge is 0.447 e. The average Bonchev–Trinajstić information content (AvgIpc) is 3.20. The van der Waals surface area contributed by atoms with Crippen LogP contribution < -0.4 is 5.32 Å². The standard InChI is InChI=1S/C24H21N3O4/c1-16-15-21(27-31-16)26-24(29)23(18-8-3-2-4-9-18)30-22(28)14-13-19-12-11-17-7-5-6-10-20(17)25-19/h2-12,15,23H,13-14H2,1H3,(H,26,27,29). The Labute approximate surface area is 179 Å². The number of carbonyl (C=O) groups excluding carboxylic acids is 2. The van der Waals surface area contributed by atoms with E-state index in [2.05, 4.69) is 15.5 Å². The van der Waals surface area contributed by atoms with Crippen LogP contribution >= 0.6 is 0 Å². The Morgan fingerprint density at radius 1 is 1.03 bits per heavy atom. The van der Waals surface area contributed by atoms with Gasteiger partial charge in [0.1, 0.15) is 5.76 Å². The lowest BCUT2D eigenvalue weighted by Gasteiger charge is -2.17. The molecule has 1 unspecified atom stereocenters. The van der Waals surface area contributed by atoms with Gasteiger partial charge in [-0.2, -0.15) is 0 Å². The number of aryl methyl sites for hydroxylation is 2. The van der Waals surface area contributed by atoms with Crippen molar-refractivity contribution in [3.05, 3.63) is 89.8 Å². The lowest BCUT2D eigenvalue weighted by atomic mass is 10.1. The highest BCUT2D eigenvalue weighted by Crippen LogP contribution is 2.21. The average molecular weight is 415 g/mol. The summed E-state index contributed by atoms with van der Waals surface area (Å²) >= 11 is 0. The number of carbonyl (C=O) groups is 2. The second-order valence-corrected chi connectivity index (χ2v) is 7.09. The van der Waals surface area contributed by atoms with E-state index in [0.717, 1.165) is 16.6 Å². The Bertz CT molecular complexity index is 1200. The van der Waals surface area contributed by atoms with Crippen LogP contribution in [0.3, 0.4) is 0 Å². The fraction of sp³-hybridized carbons (Fsp3) is 0.167. The van der Waals surface area contributed by atoms with Gasteiger partial charge in [0.2, 0.25) is 6.10 Å². The zero-order valence-corrected chi connectivity index (χ0v) is 16.9. The third-order valence-corrected chi connectivity index (χ3v) is 4.71. The number of nitrogens with zero attached hydrogens (tertiary/aromatic N) is 2. The highest BCUT2D eigenvalue weighted by Gasteiger charge is 2.26. The number of benzene rings is 2. The first-order valence-electron chi connectivity index (χ1n) is 9.92. The van der Waals surface area contributed by atoms with Crippen molar-refractivity contribution in [2.24, 2.45) is 0 Å². The third-order valence-electron chi connectivity index (χ3n) is 4.71. The lowest BCUT2D eigenvalue weighted by molar-refractivity contribution is -0.154. The molecule has 0 spiro atoms. The molecule has 31 heavy (non-hydrogen) atoms. The Morgan fingerprint density at radius 2 is 1.81 bits per heavy atom. The van der Waals surface area contributed by atoms with Crippen LogP contribution in [-0.4, -0.2) is 22.0 Å². The van der Waals surface area contributed by atoms with Gasteiger partial charge in [0.05, 0.1) is 11.9 Å². The molecule has 1 atom stereocenters. The minimum atomic E-state index is -1.10. The molecule has 0 aliphatic carbocycles. The van der Waals surface area contributed by atoms with Gasteiger partial charge < -0.3 is 14.6 Å². The molecule has 7 heteroatoms. The van der Waals surface area contributed by atoms with Gasteiger partial charge in [0, 0.05) is 29.1 Å². The van der Waals surface area contributed by atoms with E-state index < -0.39 is 18.0 Å². The molecule has 0 bridgehead atoms. The van der Waals surface area contributed by atoms with Crippen LogP contribution in [0, 0.1) is 6.92 Å². The molecular formula is C24H21N3O4. The Morgan fingerprint density at radius 3 is 2.58 bits per heavy atom. The number of pyridine rings is 1. The molecule has 7 nitrogen and oxygen atoms in total. The minimum absolute atomic E-state index is 0.102. The number of aromatic nitrogens is 2. The predicted molar refractivity (Wildman–Crippen MR) is 115 cm³/mol. The van der Waals surface area contributed by atoms with Crippen molar-refractivity contribution >= 4 is 28.6 Å². The van der Waals surface area contributed by atoms with Gasteiger partial charge >= 0.3 is 5.97 Å². The van der Waals surface area contributed by atoms with Crippen molar-refractivity contribution in [2.45, 2.75) is 25.9 Å². The van der Waals surface area contributed by atoms with Crippen molar-refractivity contribution in [1.82, 2.24) is 10.1 Å². The number of hydrogen-bond acceptors (Lipinski definition) is 6. The molecule has 1 amide bonds. The number of esters is 1. The van der Waals surface area contributed by atoms with Gasteiger partial charge in [-0.05, 0) is 19.1 Å². The number of rotatable bonds is 7. The van der Waals surface area contributed by atoms with E-state index in [-0.39, 0.29) is 12.2 Å². The number of ether oxygens (including phenoxy) is 1. The van der Waals surface area contributed by atoms with E-state index >= 15 is 0 Å². The van der Waals surface area contributed by atoms with Crippen molar-refractivity contribution in [1.29, 1.82) is 0 Å². The molecule has 0 saturated carbocycles. The number of anilines is 1. The van der Waals surface area contributed by atoms with E-state index in [1.165, 1.54) is 0 Å². The quantitative estimate of drug-likeness (QED) is 0.450. The molecule has 156 valence electrons. The molecule has 0 fully saturated rings. The molecule has 1 N–H and O–H groups in total. The van der Waals surface area contributed by atoms with E-state index in [0.29, 0.717) is 17.7 Å². The first kappa shape index (κ1) is 20.3. The zero-order chi connectivity index (χ0) is 21.6. The van der Waals surface area contributed by atoms with Crippen LogP contribution in [0.4, 0.5) is 5.82 Å². The SMILES string of the molecule is Cc1cc(NC(=O)C(OC(=O)CCc2ccc3ccccc3n2)c2ccccc2)no1. The number of para-hydroxylation sites is 1. The number of fused-ring (bicyclic) bond motifs is 1. The second kappa shape index (κ2) is 9.21. The highest BCUT2D eigenvalue weighted by molar-refractivity contribution is 5.95. The molecule has 0 radical (unpaired) electrons. The van der Waals surface area contributed by atoms with Crippen LogP contribution in [0.5, 0.6) is 0 Å². The summed E-state index contributed by atoms with van der Waals surface area (Å²) in [4.78, 5) is 29.9. The number of amides is 1. The van der Waals surface area contributed by atoms with E-state index in [4.69, 9.17) is 9.26 Å². The summed E-state index contributed by atoms with van der Waals surface area (Å²) in [6, 6.07) is 22.1. The number of nitrogens with one attached hydrogen (secondary N) is 1. The molecule has 2 aromatic carbocycles. The maximum Gasteiger partial charge on any atom is 0.307 e. The van der Waals surface area contributed by atoms with Crippen LogP contribution in [0.15, 0.2) is 77.3 Å². The topological polar surface area (TPSA) is 94.3 Å². The molecule has 0 aliphatic rings. The van der Waals surface area contributed by atoms with Crippen molar-refractivity contribution in [2.75, 3.05) is 5.32 Å². The van der Waals surface area contributed by atoms with Gasteiger partial charge in [0.25, 0.3) is 5.91 Å². The van der Waals surface area contributed by atoms with Gasteiger partial charge in [-0.3, -0.25) is 14.6 Å². The summed E-state index contributed by atoms with van der Waals surface area (Å²) in [6.45, 7) is 1.72. The first-order chi connectivity index (χ1) is 15.1. The van der Waals surface area contributed by atoms with Crippen molar-refractivity contribution in [3.63, 3.8) is 0 Å². The summed E-state index contributed by atoms with van der Waals surface area (Å²) in [7, 11) is 0. The Hall–Kier alpha value is -4.00. The van der Waals surface area contributed by atoms with Crippen LogP contribution in [0.1, 0.15) is 29.5 Å². The highest BCUT2D eigenvalue weighted by atomic mass is 16.5.